The molecule has 1 fully saturated rings. The summed E-state index contributed by atoms with van der Waals surface area (Å²) in [4.78, 5) is 30.2. The lowest BCUT2D eigenvalue weighted by Gasteiger charge is -2.26. The molecule has 0 saturated carbocycles. The molecule has 0 aromatic heterocycles. The molecule has 1 amide bonds. The van der Waals surface area contributed by atoms with Gasteiger partial charge in [0.1, 0.15) is 17.3 Å². The Morgan fingerprint density at radius 2 is 1.66 bits per heavy atom. The van der Waals surface area contributed by atoms with Gasteiger partial charge in [0.05, 0.1) is 29.9 Å². The number of hydrogen-bond acceptors (Lipinski definition) is 6. The number of Topliss-reactive ketones (excluding diaryl/α,β-unsaturated/α-hetero) is 1. The molecule has 38 heavy (non-hydrogen) atoms. The largest absolute Gasteiger partial charge is 0.507 e. The fourth-order valence-electron chi connectivity index (χ4n) is 4.51. The van der Waals surface area contributed by atoms with E-state index in [4.69, 9.17) is 21.1 Å². The van der Waals surface area contributed by atoms with Crippen LogP contribution >= 0.6 is 11.6 Å². The van der Waals surface area contributed by atoms with Gasteiger partial charge in [-0.15, -0.1) is 0 Å². The molecule has 0 radical (unpaired) electrons. The molecule has 1 N–H and O–H groups in total. The predicted molar refractivity (Wildman–Crippen MR) is 150 cm³/mol. The third-order valence-electron chi connectivity index (χ3n) is 6.39. The van der Waals surface area contributed by atoms with E-state index in [2.05, 4.69) is 0 Å². The number of carbonyl (C=O) groups excluding carboxylic acids is 2. The third-order valence-corrected chi connectivity index (χ3v) is 6.69. The van der Waals surface area contributed by atoms with E-state index in [-0.39, 0.29) is 17.4 Å². The lowest BCUT2D eigenvalue weighted by atomic mass is 9.94. The van der Waals surface area contributed by atoms with Crippen molar-refractivity contribution in [3.63, 3.8) is 0 Å². The molecule has 1 heterocycles. The second-order valence-corrected chi connectivity index (χ2v) is 10.0. The van der Waals surface area contributed by atoms with Gasteiger partial charge in [-0.1, -0.05) is 23.7 Å². The second-order valence-electron chi connectivity index (χ2n) is 9.62. The van der Waals surface area contributed by atoms with Crippen LogP contribution in [0.1, 0.15) is 36.6 Å². The van der Waals surface area contributed by atoms with E-state index in [9.17, 15) is 14.7 Å². The quantitative estimate of drug-likeness (QED) is 0.223. The highest BCUT2D eigenvalue weighted by Crippen LogP contribution is 2.44. The Morgan fingerprint density at radius 3 is 2.21 bits per heavy atom. The number of aliphatic hydroxyl groups is 1. The van der Waals surface area contributed by atoms with E-state index >= 15 is 0 Å². The molecule has 7 nitrogen and oxygen atoms in total. The van der Waals surface area contributed by atoms with Crippen LogP contribution in [0.2, 0.25) is 5.02 Å². The minimum Gasteiger partial charge on any atom is -0.507 e. The number of nitrogens with zero attached hydrogens (tertiary/aromatic N) is 2. The average Bonchev–Trinajstić information content (AvgIpc) is 3.14. The molecule has 8 heteroatoms. The van der Waals surface area contributed by atoms with Gasteiger partial charge in [-0.3, -0.25) is 14.5 Å². The number of benzene rings is 3. The first-order valence-corrected chi connectivity index (χ1v) is 12.6. The molecule has 1 aliphatic heterocycles. The van der Waals surface area contributed by atoms with Crippen LogP contribution in [0, 0.1) is 6.92 Å². The van der Waals surface area contributed by atoms with Crippen molar-refractivity contribution < 1.29 is 24.2 Å². The van der Waals surface area contributed by atoms with Crippen LogP contribution in [0.15, 0.2) is 66.2 Å². The number of ketones is 1. The van der Waals surface area contributed by atoms with Crippen molar-refractivity contribution in [2.24, 2.45) is 0 Å². The highest BCUT2D eigenvalue weighted by molar-refractivity contribution is 6.51. The lowest BCUT2D eigenvalue weighted by molar-refractivity contribution is -0.132. The van der Waals surface area contributed by atoms with E-state index < -0.39 is 17.7 Å². The van der Waals surface area contributed by atoms with Crippen molar-refractivity contribution in [2.75, 3.05) is 31.0 Å². The van der Waals surface area contributed by atoms with E-state index in [0.717, 1.165) is 11.3 Å². The van der Waals surface area contributed by atoms with Gasteiger partial charge in [0, 0.05) is 31.0 Å². The van der Waals surface area contributed by atoms with Gasteiger partial charge in [-0.05, 0) is 80.4 Å². The Labute approximate surface area is 227 Å². The summed E-state index contributed by atoms with van der Waals surface area (Å²) in [6.07, 6.45) is -0.0140. The number of halogens is 1. The van der Waals surface area contributed by atoms with Crippen molar-refractivity contribution in [3.8, 4) is 11.5 Å². The molecular weight excluding hydrogens is 504 g/mol. The van der Waals surface area contributed by atoms with Crippen LogP contribution in [0.3, 0.4) is 0 Å². The molecule has 1 atom stereocenters. The molecule has 0 bridgehead atoms. The summed E-state index contributed by atoms with van der Waals surface area (Å²) in [7, 11) is 5.35. The summed E-state index contributed by atoms with van der Waals surface area (Å²) in [5, 5.41) is 11.8. The maximum absolute atomic E-state index is 13.5. The standard InChI is InChI=1S/C30H31ClN2O5/c1-17(2)38-24-13-9-20(15-18(24)3)28(34)26-27(19-7-10-21(11-8-19)32(4)5)33(30(36)29(26)35)22-12-14-25(37-6)23(31)16-22/h7-17,27,34H,1-6H3/b28-26+. The SMILES string of the molecule is COc1ccc(N2C(=O)C(=O)/C(=C(/O)c3ccc(OC(C)C)c(C)c3)C2c2ccc(N(C)C)cc2)cc1Cl. The third kappa shape index (κ3) is 5.07. The zero-order chi connectivity index (χ0) is 27.7. The number of rotatable bonds is 7. The molecule has 1 saturated heterocycles. The first-order valence-electron chi connectivity index (χ1n) is 12.2. The van der Waals surface area contributed by atoms with E-state index in [0.29, 0.717) is 33.3 Å². The first kappa shape index (κ1) is 27.1. The Bertz CT molecular complexity index is 1410. The van der Waals surface area contributed by atoms with Crippen molar-refractivity contribution in [2.45, 2.75) is 32.9 Å². The Kier molecular flexibility index (Phi) is 7.69. The summed E-state index contributed by atoms with van der Waals surface area (Å²) in [6.45, 7) is 5.73. The van der Waals surface area contributed by atoms with Crippen LogP contribution in [-0.4, -0.2) is 44.1 Å². The number of ether oxygens (including phenoxy) is 2. The van der Waals surface area contributed by atoms with Crippen molar-refractivity contribution in [1.29, 1.82) is 0 Å². The van der Waals surface area contributed by atoms with E-state index in [1.54, 1.807) is 36.4 Å². The molecule has 3 aromatic carbocycles. The number of amides is 1. The number of methoxy groups -OCH3 is 1. The van der Waals surface area contributed by atoms with Crippen molar-refractivity contribution in [3.05, 3.63) is 87.9 Å². The monoisotopic (exact) mass is 534 g/mol. The highest BCUT2D eigenvalue weighted by atomic mass is 35.5. The number of hydrogen-bond donors (Lipinski definition) is 1. The predicted octanol–water partition coefficient (Wildman–Crippen LogP) is 6.14. The summed E-state index contributed by atoms with van der Waals surface area (Å²) >= 11 is 6.38. The van der Waals surface area contributed by atoms with Gasteiger partial charge >= 0.3 is 0 Å². The van der Waals surface area contributed by atoms with Gasteiger partial charge in [0.25, 0.3) is 11.7 Å². The van der Waals surface area contributed by atoms with Gasteiger partial charge in [0.15, 0.2) is 0 Å². The Morgan fingerprint density at radius 1 is 1.00 bits per heavy atom. The second kappa shape index (κ2) is 10.8. The maximum Gasteiger partial charge on any atom is 0.300 e. The lowest BCUT2D eigenvalue weighted by Crippen LogP contribution is -2.29. The van der Waals surface area contributed by atoms with Gasteiger partial charge < -0.3 is 19.5 Å². The van der Waals surface area contributed by atoms with Crippen LogP contribution < -0.4 is 19.3 Å². The fraction of sp³-hybridized carbons (Fsp3) is 0.267. The Hall–Kier alpha value is -3.97. The number of carbonyl (C=O) groups is 2. The summed E-state index contributed by atoms with van der Waals surface area (Å²) in [5.41, 5.74) is 3.24. The Balaban J connectivity index is 1.90. The molecule has 1 aliphatic rings. The zero-order valence-corrected chi connectivity index (χ0v) is 23.0. The molecule has 3 aromatic rings. The molecule has 1 unspecified atom stereocenters. The highest BCUT2D eigenvalue weighted by Gasteiger charge is 2.47. The summed E-state index contributed by atoms with van der Waals surface area (Å²) < 4.78 is 11.1. The number of aliphatic hydroxyl groups excluding tert-OH is 1. The average molecular weight is 535 g/mol. The first-order chi connectivity index (χ1) is 18.0. The minimum atomic E-state index is -0.873. The van der Waals surface area contributed by atoms with Crippen LogP contribution in [0.5, 0.6) is 11.5 Å². The van der Waals surface area contributed by atoms with E-state index in [1.807, 2.05) is 64.0 Å². The van der Waals surface area contributed by atoms with Crippen LogP contribution in [0.4, 0.5) is 11.4 Å². The molecule has 0 spiro atoms. The van der Waals surface area contributed by atoms with E-state index in [1.165, 1.54) is 12.0 Å². The maximum atomic E-state index is 13.5. The van der Waals surface area contributed by atoms with Gasteiger partial charge in [0.2, 0.25) is 0 Å². The smallest absolute Gasteiger partial charge is 0.300 e. The number of anilines is 2. The fourth-order valence-corrected chi connectivity index (χ4v) is 4.76. The molecule has 198 valence electrons. The number of aryl methyl sites for hydroxylation is 1. The molecule has 4 rings (SSSR count). The van der Waals surface area contributed by atoms with Crippen LogP contribution in [0.25, 0.3) is 5.76 Å². The summed E-state index contributed by atoms with van der Waals surface area (Å²) in [5.74, 6) is -0.674. The van der Waals surface area contributed by atoms with Crippen molar-refractivity contribution in [1.82, 2.24) is 0 Å². The van der Waals surface area contributed by atoms with Crippen LogP contribution in [-0.2, 0) is 9.59 Å². The van der Waals surface area contributed by atoms with Gasteiger partial charge in [-0.25, -0.2) is 0 Å². The molecular formula is C30H31ClN2O5. The minimum absolute atomic E-state index is 0.00327. The molecule has 0 aliphatic carbocycles. The van der Waals surface area contributed by atoms with Crippen molar-refractivity contribution >= 4 is 40.4 Å². The normalized spacial score (nSPS) is 16.7. The van der Waals surface area contributed by atoms with Gasteiger partial charge in [-0.2, -0.15) is 0 Å². The zero-order valence-electron chi connectivity index (χ0n) is 22.3. The summed E-state index contributed by atoms with van der Waals surface area (Å²) in [6, 6.07) is 16.7. The topological polar surface area (TPSA) is 79.3 Å².